The average molecular weight is 203 g/mol. The third kappa shape index (κ3) is 3.33. The number of carbonyl (C=O) groups is 2. The minimum absolute atomic E-state index is 0.0942. The monoisotopic (exact) mass is 203 g/mol. The lowest BCUT2D eigenvalue weighted by atomic mass is 10.0. The summed E-state index contributed by atoms with van der Waals surface area (Å²) in [7, 11) is 2.70. The third-order valence-corrected chi connectivity index (χ3v) is 1.82. The third-order valence-electron chi connectivity index (χ3n) is 1.82. The number of amides is 1. The SMILES string of the molecule is COC(=O)CC(C)(C)N(OC)C(C)=O. The van der Waals surface area contributed by atoms with Crippen LogP contribution in [0.3, 0.4) is 0 Å². The molecule has 82 valence electrons. The molecule has 0 atom stereocenters. The van der Waals surface area contributed by atoms with E-state index in [0.29, 0.717) is 0 Å². The first-order valence-electron chi connectivity index (χ1n) is 4.27. The minimum atomic E-state index is -0.701. The number of hydroxylamine groups is 2. The second kappa shape index (κ2) is 4.95. The number of rotatable bonds is 4. The highest BCUT2D eigenvalue weighted by Crippen LogP contribution is 2.19. The van der Waals surface area contributed by atoms with Gasteiger partial charge in [0.05, 0.1) is 26.2 Å². The molecule has 0 saturated heterocycles. The Morgan fingerprint density at radius 2 is 1.79 bits per heavy atom. The van der Waals surface area contributed by atoms with Crippen molar-refractivity contribution in [3.05, 3.63) is 0 Å². The van der Waals surface area contributed by atoms with E-state index in [2.05, 4.69) is 4.74 Å². The van der Waals surface area contributed by atoms with Gasteiger partial charge in [0, 0.05) is 6.92 Å². The number of esters is 1. The zero-order valence-corrected chi connectivity index (χ0v) is 9.29. The fourth-order valence-electron chi connectivity index (χ4n) is 1.30. The molecule has 0 N–H and O–H groups in total. The summed E-state index contributed by atoms with van der Waals surface area (Å²) in [5, 5.41) is 1.16. The van der Waals surface area contributed by atoms with Crippen molar-refractivity contribution in [2.24, 2.45) is 0 Å². The highest BCUT2D eigenvalue weighted by atomic mass is 16.7. The smallest absolute Gasteiger partial charge is 0.307 e. The molecular weight excluding hydrogens is 186 g/mol. The van der Waals surface area contributed by atoms with E-state index >= 15 is 0 Å². The Balaban J connectivity index is 4.56. The number of carbonyl (C=O) groups excluding carboxylic acids is 2. The van der Waals surface area contributed by atoms with Crippen molar-refractivity contribution >= 4 is 11.9 Å². The maximum atomic E-state index is 11.1. The molecule has 0 saturated carbocycles. The Hall–Kier alpha value is -1.10. The maximum absolute atomic E-state index is 11.1. The molecule has 14 heavy (non-hydrogen) atoms. The Kier molecular flexibility index (Phi) is 4.56. The van der Waals surface area contributed by atoms with Gasteiger partial charge in [-0.1, -0.05) is 0 Å². The van der Waals surface area contributed by atoms with Crippen molar-refractivity contribution in [3.8, 4) is 0 Å². The quantitative estimate of drug-likeness (QED) is 0.499. The van der Waals surface area contributed by atoms with Crippen molar-refractivity contribution in [1.82, 2.24) is 5.06 Å². The number of hydrogen-bond donors (Lipinski definition) is 0. The summed E-state index contributed by atoms with van der Waals surface area (Å²) in [5.41, 5.74) is -0.701. The zero-order chi connectivity index (χ0) is 11.4. The summed E-state index contributed by atoms with van der Waals surface area (Å²) in [6.07, 6.45) is 0.0942. The van der Waals surface area contributed by atoms with E-state index in [1.54, 1.807) is 13.8 Å². The Morgan fingerprint density at radius 1 is 1.29 bits per heavy atom. The first-order valence-corrected chi connectivity index (χ1v) is 4.27. The average Bonchev–Trinajstić information content (AvgIpc) is 2.02. The second-order valence-electron chi connectivity index (χ2n) is 3.56. The van der Waals surface area contributed by atoms with E-state index in [9.17, 15) is 9.59 Å². The summed E-state index contributed by atoms with van der Waals surface area (Å²) < 4.78 is 4.53. The summed E-state index contributed by atoms with van der Waals surface area (Å²) in [4.78, 5) is 27.1. The van der Waals surface area contributed by atoms with Crippen LogP contribution in [0.2, 0.25) is 0 Å². The van der Waals surface area contributed by atoms with Crippen LogP contribution in [-0.4, -0.2) is 36.7 Å². The van der Waals surface area contributed by atoms with Gasteiger partial charge in [0.1, 0.15) is 0 Å². The first kappa shape index (κ1) is 12.9. The Morgan fingerprint density at radius 3 is 2.07 bits per heavy atom. The Labute approximate surface area is 83.9 Å². The Bertz CT molecular complexity index is 225. The molecule has 0 aromatic rings. The highest BCUT2D eigenvalue weighted by Gasteiger charge is 2.32. The normalized spacial score (nSPS) is 10.9. The van der Waals surface area contributed by atoms with E-state index in [0.717, 1.165) is 5.06 Å². The van der Waals surface area contributed by atoms with Crippen LogP contribution < -0.4 is 0 Å². The predicted molar refractivity (Wildman–Crippen MR) is 50.2 cm³/mol. The molecule has 5 heteroatoms. The number of nitrogens with zero attached hydrogens (tertiary/aromatic N) is 1. The van der Waals surface area contributed by atoms with Crippen molar-refractivity contribution in [1.29, 1.82) is 0 Å². The fourth-order valence-corrected chi connectivity index (χ4v) is 1.30. The predicted octanol–water partition coefficient (Wildman–Crippen LogP) is 0.738. The van der Waals surface area contributed by atoms with Gasteiger partial charge in [-0.3, -0.25) is 14.4 Å². The molecule has 5 nitrogen and oxygen atoms in total. The molecule has 0 aliphatic heterocycles. The summed E-state index contributed by atoms with van der Waals surface area (Å²) >= 11 is 0. The molecule has 0 aromatic heterocycles. The zero-order valence-electron chi connectivity index (χ0n) is 9.29. The van der Waals surface area contributed by atoms with Crippen molar-refractivity contribution in [3.63, 3.8) is 0 Å². The number of hydrogen-bond acceptors (Lipinski definition) is 4. The van der Waals surface area contributed by atoms with Crippen molar-refractivity contribution in [2.45, 2.75) is 32.7 Å². The van der Waals surface area contributed by atoms with Crippen LogP contribution in [0.5, 0.6) is 0 Å². The van der Waals surface area contributed by atoms with E-state index in [4.69, 9.17) is 4.84 Å². The molecule has 0 fully saturated rings. The highest BCUT2D eigenvalue weighted by molar-refractivity contribution is 5.75. The van der Waals surface area contributed by atoms with Gasteiger partial charge in [0.15, 0.2) is 0 Å². The molecular formula is C9H17NO4. The van der Waals surface area contributed by atoms with Crippen LogP contribution in [0.15, 0.2) is 0 Å². The molecule has 0 bridgehead atoms. The van der Waals surface area contributed by atoms with Gasteiger partial charge in [-0.05, 0) is 13.8 Å². The molecule has 0 unspecified atom stereocenters. The van der Waals surface area contributed by atoms with E-state index in [-0.39, 0.29) is 18.3 Å². The van der Waals surface area contributed by atoms with Crippen LogP contribution in [0, 0.1) is 0 Å². The molecule has 0 aromatic carbocycles. The standard InChI is InChI=1S/C9H17NO4/c1-7(11)10(14-5)9(2,3)6-8(12)13-4/h6H2,1-5H3. The van der Waals surface area contributed by atoms with Crippen molar-refractivity contribution in [2.75, 3.05) is 14.2 Å². The number of methoxy groups -OCH3 is 1. The van der Waals surface area contributed by atoms with Gasteiger partial charge in [-0.25, -0.2) is 5.06 Å². The van der Waals surface area contributed by atoms with Crippen LogP contribution in [0.4, 0.5) is 0 Å². The van der Waals surface area contributed by atoms with Gasteiger partial charge in [-0.15, -0.1) is 0 Å². The van der Waals surface area contributed by atoms with Crippen LogP contribution in [0.25, 0.3) is 0 Å². The lowest BCUT2D eigenvalue weighted by Crippen LogP contribution is -2.47. The van der Waals surface area contributed by atoms with E-state index in [1.807, 2.05) is 0 Å². The molecule has 0 spiro atoms. The van der Waals surface area contributed by atoms with Gasteiger partial charge < -0.3 is 4.74 Å². The minimum Gasteiger partial charge on any atom is -0.469 e. The molecule has 0 rings (SSSR count). The van der Waals surface area contributed by atoms with Gasteiger partial charge in [-0.2, -0.15) is 0 Å². The number of ether oxygens (including phenoxy) is 1. The summed E-state index contributed by atoms with van der Waals surface area (Å²) in [5.74, 6) is -0.625. The molecule has 0 radical (unpaired) electrons. The van der Waals surface area contributed by atoms with E-state index in [1.165, 1.54) is 21.1 Å². The lowest BCUT2D eigenvalue weighted by molar-refractivity contribution is -0.204. The topological polar surface area (TPSA) is 55.8 Å². The second-order valence-corrected chi connectivity index (χ2v) is 3.56. The summed E-state index contributed by atoms with van der Waals surface area (Å²) in [6.45, 7) is 4.84. The molecule has 0 aliphatic rings. The molecule has 0 heterocycles. The lowest BCUT2D eigenvalue weighted by Gasteiger charge is -2.34. The van der Waals surface area contributed by atoms with E-state index < -0.39 is 5.54 Å². The van der Waals surface area contributed by atoms with Gasteiger partial charge in [0.2, 0.25) is 5.91 Å². The van der Waals surface area contributed by atoms with Gasteiger partial charge in [0.25, 0.3) is 0 Å². The van der Waals surface area contributed by atoms with Crippen molar-refractivity contribution < 1.29 is 19.2 Å². The summed E-state index contributed by atoms with van der Waals surface area (Å²) in [6, 6.07) is 0. The van der Waals surface area contributed by atoms with Gasteiger partial charge >= 0.3 is 5.97 Å². The molecule has 0 aliphatic carbocycles. The fraction of sp³-hybridized carbons (Fsp3) is 0.778. The first-order chi connectivity index (χ1) is 6.35. The maximum Gasteiger partial charge on any atom is 0.307 e. The largest absolute Gasteiger partial charge is 0.469 e. The van der Waals surface area contributed by atoms with Crippen LogP contribution in [0.1, 0.15) is 27.2 Å². The van der Waals surface area contributed by atoms with Crippen LogP contribution >= 0.6 is 0 Å². The van der Waals surface area contributed by atoms with Crippen LogP contribution in [-0.2, 0) is 19.2 Å². The molecule has 1 amide bonds.